The molecule has 0 fully saturated rings. The highest BCUT2D eigenvalue weighted by Crippen LogP contribution is 2.05. The second-order valence-electron chi connectivity index (χ2n) is 3.94. The SMILES string of the molecule is CCOC(=O)[n+]1ccccc1/C=C/c1ccccc1. The van der Waals surface area contributed by atoms with Crippen LogP contribution in [0.1, 0.15) is 18.2 Å². The number of hydrogen-bond donors (Lipinski definition) is 0. The average Bonchev–Trinajstić information content (AvgIpc) is 2.47. The van der Waals surface area contributed by atoms with E-state index in [2.05, 4.69) is 0 Å². The van der Waals surface area contributed by atoms with Crippen LogP contribution in [0.4, 0.5) is 4.79 Å². The molecule has 3 nitrogen and oxygen atoms in total. The molecule has 3 heteroatoms. The van der Waals surface area contributed by atoms with Crippen molar-refractivity contribution < 1.29 is 14.1 Å². The van der Waals surface area contributed by atoms with E-state index in [1.165, 1.54) is 4.57 Å². The number of benzene rings is 1. The third kappa shape index (κ3) is 3.52. The molecule has 2 rings (SSSR count). The fourth-order valence-electron chi connectivity index (χ4n) is 1.70. The quantitative estimate of drug-likeness (QED) is 0.788. The molecule has 0 spiro atoms. The summed E-state index contributed by atoms with van der Waals surface area (Å²) in [5.74, 6) is 0. The van der Waals surface area contributed by atoms with Gasteiger partial charge in [-0.25, -0.2) is 0 Å². The molecule has 0 aliphatic carbocycles. The minimum Gasteiger partial charge on any atom is -0.412 e. The van der Waals surface area contributed by atoms with Crippen molar-refractivity contribution in [1.29, 1.82) is 0 Å². The van der Waals surface area contributed by atoms with E-state index in [1.54, 1.807) is 19.2 Å². The summed E-state index contributed by atoms with van der Waals surface area (Å²) in [7, 11) is 0. The molecule has 0 N–H and O–H groups in total. The summed E-state index contributed by atoms with van der Waals surface area (Å²) in [5.41, 5.74) is 1.87. The molecule has 0 radical (unpaired) electrons. The average molecular weight is 254 g/mol. The van der Waals surface area contributed by atoms with E-state index < -0.39 is 0 Å². The number of nitrogens with zero attached hydrogens (tertiary/aromatic N) is 1. The lowest BCUT2D eigenvalue weighted by Gasteiger charge is -1.98. The molecule has 1 aromatic heterocycles. The van der Waals surface area contributed by atoms with Crippen LogP contribution in [0.2, 0.25) is 0 Å². The van der Waals surface area contributed by atoms with Crippen LogP contribution in [-0.4, -0.2) is 12.7 Å². The Morgan fingerprint density at radius 3 is 2.58 bits per heavy atom. The molecule has 2 aromatic rings. The van der Waals surface area contributed by atoms with Gasteiger partial charge in [-0.1, -0.05) is 34.9 Å². The summed E-state index contributed by atoms with van der Waals surface area (Å²) in [6, 6.07) is 15.5. The highest BCUT2D eigenvalue weighted by atomic mass is 16.5. The summed E-state index contributed by atoms with van der Waals surface area (Å²) in [6.45, 7) is 2.16. The minimum atomic E-state index is -0.365. The molecule has 0 aliphatic heterocycles. The number of pyridine rings is 1. The summed E-state index contributed by atoms with van der Waals surface area (Å²) < 4.78 is 6.50. The monoisotopic (exact) mass is 254 g/mol. The number of carbonyl (C=O) groups is 1. The highest BCUT2D eigenvalue weighted by molar-refractivity contribution is 5.68. The fourth-order valence-corrected chi connectivity index (χ4v) is 1.70. The van der Waals surface area contributed by atoms with E-state index in [-0.39, 0.29) is 6.09 Å². The topological polar surface area (TPSA) is 30.2 Å². The van der Waals surface area contributed by atoms with Gasteiger partial charge in [-0.3, -0.25) is 0 Å². The van der Waals surface area contributed by atoms with Gasteiger partial charge in [-0.05, 0) is 24.6 Å². The van der Waals surface area contributed by atoms with Crippen molar-refractivity contribution in [3.8, 4) is 0 Å². The van der Waals surface area contributed by atoms with E-state index in [0.29, 0.717) is 6.61 Å². The van der Waals surface area contributed by atoms with Gasteiger partial charge in [0.2, 0.25) is 5.69 Å². The number of rotatable bonds is 3. The van der Waals surface area contributed by atoms with Crippen molar-refractivity contribution in [3.63, 3.8) is 0 Å². The Balaban J connectivity index is 2.25. The van der Waals surface area contributed by atoms with Crippen LogP contribution in [0.3, 0.4) is 0 Å². The Bertz CT molecular complexity index is 576. The molecule has 0 amide bonds. The van der Waals surface area contributed by atoms with Gasteiger partial charge < -0.3 is 4.74 Å². The maximum absolute atomic E-state index is 11.8. The van der Waals surface area contributed by atoms with Gasteiger partial charge in [0.25, 0.3) is 0 Å². The third-order valence-corrected chi connectivity index (χ3v) is 2.60. The molecule has 0 atom stereocenters. The van der Waals surface area contributed by atoms with Crippen molar-refractivity contribution in [2.75, 3.05) is 6.61 Å². The van der Waals surface area contributed by atoms with Crippen LogP contribution >= 0.6 is 0 Å². The van der Waals surface area contributed by atoms with Gasteiger partial charge in [0.05, 0.1) is 6.61 Å². The summed E-state index contributed by atoms with van der Waals surface area (Å²) in [4.78, 5) is 11.8. The lowest BCUT2D eigenvalue weighted by molar-refractivity contribution is -0.587. The van der Waals surface area contributed by atoms with Crippen molar-refractivity contribution in [1.82, 2.24) is 0 Å². The fraction of sp³-hybridized carbons (Fsp3) is 0.125. The first-order chi connectivity index (χ1) is 9.31. The second kappa shape index (κ2) is 6.50. The molecule has 0 aliphatic rings. The van der Waals surface area contributed by atoms with Crippen LogP contribution < -0.4 is 4.57 Å². The maximum atomic E-state index is 11.8. The largest absolute Gasteiger partial charge is 0.602 e. The van der Waals surface area contributed by atoms with E-state index >= 15 is 0 Å². The van der Waals surface area contributed by atoms with Crippen molar-refractivity contribution in [2.24, 2.45) is 0 Å². The first-order valence-electron chi connectivity index (χ1n) is 6.22. The summed E-state index contributed by atoms with van der Waals surface area (Å²) >= 11 is 0. The molecule has 0 saturated carbocycles. The Labute approximate surface area is 112 Å². The first kappa shape index (κ1) is 13.0. The Kier molecular flexibility index (Phi) is 4.45. The van der Waals surface area contributed by atoms with Gasteiger partial charge in [0.1, 0.15) is 0 Å². The highest BCUT2D eigenvalue weighted by Gasteiger charge is 2.18. The Hall–Kier alpha value is -2.42. The Morgan fingerprint density at radius 1 is 1.11 bits per heavy atom. The van der Waals surface area contributed by atoms with E-state index in [9.17, 15) is 4.79 Å². The lowest BCUT2D eigenvalue weighted by atomic mass is 10.2. The molecule has 0 bridgehead atoms. The zero-order valence-corrected chi connectivity index (χ0v) is 10.8. The molecule has 1 heterocycles. The van der Waals surface area contributed by atoms with E-state index in [4.69, 9.17) is 4.74 Å². The van der Waals surface area contributed by atoms with E-state index in [0.717, 1.165) is 11.3 Å². The number of aromatic nitrogens is 1. The van der Waals surface area contributed by atoms with Gasteiger partial charge >= 0.3 is 6.09 Å². The van der Waals surface area contributed by atoms with Crippen LogP contribution in [0.5, 0.6) is 0 Å². The van der Waals surface area contributed by atoms with Gasteiger partial charge in [0.15, 0.2) is 6.20 Å². The van der Waals surface area contributed by atoms with Gasteiger partial charge in [0, 0.05) is 18.2 Å². The zero-order valence-electron chi connectivity index (χ0n) is 10.8. The van der Waals surface area contributed by atoms with Crippen LogP contribution in [-0.2, 0) is 4.74 Å². The Morgan fingerprint density at radius 2 is 1.84 bits per heavy atom. The molecular weight excluding hydrogens is 238 g/mol. The van der Waals surface area contributed by atoms with Crippen molar-refractivity contribution in [2.45, 2.75) is 6.92 Å². The normalized spacial score (nSPS) is 10.6. The van der Waals surface area contributed by atoms with Gasteiger partial charge in [-0.15, -0.1) is 0 Å². The second-order valence-corrected chi connectivity index (χ2v) is 3.94. The predicted octanol–water partition coefficient (Wildman–Crippen LogP) is 3.15. The van der Waals surface area contributed by atoms with Crippen LogP contribution in [0, 0.1) is 0 Å². The molecule has 0 saturated heterocycles. The van der Waals surface area contributed by atoms with Crippen molar-refractivity contribution >= 4 is 18.2 Å². The molecule has 19 heavy (non-hydrogen) atoms. The molecule has 96 valence electrons. The van der Waals surface area contributed by atoms with Gasteiger partial charge in [-0.2, -0.15) is 4.79 Å². The number of carbonyl (C=O) groups excluding carboxylic acids is 1. The lowest BCUT2D eigenvalue weighted by Crippen LogP contribution is -2.45. The summed E-state index contributed by atoms with van der Waals surface area (Å²) in [5, 5.41) is 0. The molecule has 1 aromatic carbocycles. The van der Waals surface area contributed by atoms with Crippen molar-refractivity contribution in [3.05, 3.63) is 66.0 Å². The van der Waals surface area contributed by atoms with E-state index in [1.807, 2.05) is 54.6 Å². The smallest absolute Gasteiger partial charge is 0.412 e. The standard InChI is InChI=1S/C16H16NO2/c1-2-19-16(18)17-13-7-6-10-15(17)12-11-14-8-4-3-5-9-14/h3-13H,2H2,1H3/q+1/b12-11+. The van der Waals surface area contributed by atoms with Crippen LogP contribution in [0.25, 0.3) is 12.2 Å². The summed E-state index contributed by atoms with van der Waals surface area (Å²) in [6.07, 6.45) is 5.19. The predicted molar refractivity (Wildman–Crippen MR) is 74.4 cm³/mol. The molecular formula is C16H16NO2+. The minimum absolute atomic E-state index is 0.364. The molecule has 0 unspecified atom stereocenters. The number of hydrogen-bond acceptors (Lipinski definition) is 2. The first-order valence-corrected chi connectivity index (χ1v) is 6.22. The maximum Gasteiger partial charge on any atom is 0.602 e. The van der Waals surface area contributed by atoms with Crippen LogP contribution in [0.15, 0.2) is 54.7 Å². The zero-order chi connectivity index (χ0) is 13.5. The number of ether oxygens (including phenoxy) is 1. The third-order valence-electron chi connectivity index (χ3n) is 2.60.